The summed E-state index contributed by atoms with van der Waals surface area (Å²) in [6, 6.07) is 10.5. The molecule has 2 aromatic carbocycles. The van der Waals surface area contributed by atoms with Crippen LogP contribution >= 0.6 is 27.5 Å². The minimum Gasteiger partial charge on any atom is -0.478 e. The third-order valence-electron chi connectivity index (χ3n) is 6.01. The van der Waals surface area contributed by atoms with Crippen molar-refractivity contribution in [3.05, 3.63) is 67.6 Å². The molecular weight excluding hydrogens is 534 g/mol. The molecule has 0 amide bonds. The van der Waals surface area contributed by atoms with Crippen LogP contribution < -0.4 is 10.3 Å². The Balaban J connectivity index is 1.77. The zero-order valence-corrected chi connectivity index (χ0v) is 22.0. The molecule has 0 aliphatic heterocycles. The quantitative estimate of drug-likeness (QED) is 0.259. The Kier molecular flexibility index (Phi) is 8.23. The number of hydrogen-bond donors (Lipinski definition) is 0. The first-order valence-electron chi connectivity index (χ1n) is 11.8. The van der Waals surface area contributed by atoms with E-state index in [1.165, 1.54) is 17.3 Å². The first kappa shape index (κ1) is 25.4. The van der Waals surface area contributed by atoms with E-state index in [4.69, 9.17) is 26.1 Å². The molecule has 0 unspecified atom stereocenters. The van der Waals surface area contributed by atoms with Crippen molar-refractivity contribution in [1.29, 1.82) is 0 Å². The molecule has 9 heteroatoms. The number of rotatable bonds is 7. The van der Waals surface area contributed by atoms with E-state index in [-0.39, 0.29) is 18.1 Å². The van der Waals surface area contributed by atoms with Gasteiger partial charge in [-0.3, -0.25) is 4.79 Å². The molecular formula is C26H27BrClN3O4. The number of ether oxygens (including phenoxy) is 2. The number of hydrogen-bond acceptors (Lipinski definition) is 6. The lowest BCUT2D eigenvalue weighted by Gasteiger charge is -2.23. The number of halogens is 2. The maximum Gasteiger partial charge on any atom is 0.347 e. The van der Waals surface area contributed by atoms with Gasteiger partial charge < -0.3 is 9.47 Å². The number of carbonyl (C=O) groups is 1. The van der Waals surface area contributed by atoms with E-state index in [1.54, 1.807) is 38.1 Å². The first-order valence-corrected chi connectivity index (χ1v) is 12.9. The van der Waals surface area contributed by atoms with Crippen LogP contribution in [-0.4, -0.2) is 34.6 Å². The van der Waals surface area contributed by atoms with Gasteiger partial charge in [0.1, 0.15) is 11.6 Å². The summed E-state index contributed by atoms with van der Waals surface area (Å²) in [5, 5.41) is 5.52. The number of fused-ring (bicyclic) bond motifs is 1. The number of carbonyl (C=O) groups excluding carboxylic acids is 1. The van der Waals surface area contributed by atoms with E-state index < -0.39 is 12.1 Å². The molecule has 0 radical (unpaired) electrons. The zero-order chi connectivity index (χ0) is 24.9. The lowest BCUT2D eigenvalue weighted by molar-refractivity contribution is -0.150. The summed E-state index contributed by atoms with van der Waals surface area (Å²) in [7, 11) is 0. The van der Waals surface area contributed by atoms with Crippen molar-refractivity contribution in [2.24, 2.45) is 5.10 Å². The number of nitrogens with zero attached hydrogens (tertiary/aromatic N) is 3. The van der Waals surface area contributed by atoms with E-state index >= 15 is 0 Å². The first-order chi connectivity index (χ1) is 16.9. The second-order valence-corrected chi connectivity index (χ2v) is 9.87. The molecule has 0 N–H and O–H groups in total. The Morgan fingerprint density at radius 1 is 1.26 bits per heavy atom. The van der Waals surface area contributed by atoms with Gasteiger partial charge in [0.05, 0.1) is 23.7 Å². The van der Waals surface area contributed by atoms with Gasteiger partial charge in [-0.2, -0.15) is 9.78 Å². The van der Waals surface area contributed by atoms with Crippen LogP contribution in [0.15, 0.2) is 50.8 Å². The van der Waals surface area contributed by atoms with Gasteiger partial charge in [-0.15, -0.1) is 0 Å². The normalized spacial score (nSPS) is 15.4. The molecule has 0 bridgehead atoms. The van der Waals surface area contributed by atoms with Gasteiger partial charge in [-0.25, -0.2) is 9.78 Å². The minimum atomic E-state index is -0.816. The lowest BCUT2D eigenvalue weighted by atomic mass is 9.88. The monoisotopic (exact) mass is 559 g/mol. The SMILES string of the molecule is CCOC(=O)[C@@H](C)Oc1ccc(Cl)cc1C=Nn1c(C2CCCCC2)nc2ccc(Br)cc2c1=O. The van der Waals surface area contributed by atoms with E-state index in [0.717, 1.165) is 30.2 Å². The van der Waals surface area contributed by atoms with Crippen LogP contribution in [0.1, 0.15) is 63.3 Å². The van der Waals surface area contributed by atoms with Gasteiger partial charge >= 0.3 is 5.97 Å². The molecule has 4 rings (SSSR count). The van der Waals surface area contributed by atoms with Crippen LogP contribution in [0.5, 0.6) is 5.75 Å². The summed E-state index contributed by atoms with van der Waals surface area (Å²) in [6.07, 6.45) is 6.02. The molecule has 7 nitrogen and oxygen atoms in total. The highest BCUT2D eigenvalue weighted by Gasteiger charge is 2.23. The van der Waals surface area contributed by atoms with Gasteiger partial charge in [0.25, 0.3) is 5.56 Å². The largest absolute Gasteiger partial charge is 0.478 e. The molecule has 1 atom stereocenters. The highest BCUT2D eigenvalue weighted by atomic mass is 79.9. The summed E-state index contributed by atoms with van der Waals surface area (Å²) in [6.45, 7) is 3.62. The van der Waals surface area contributed by atoms with Crippen molar-refractivity contribution < 1.29 is 14.3 Å². The minimum absolute atomic E-state index is 0.153. The Hall–Kier alpha value is -2.71. The number of aromatic nitrogens is 2. The zero-order valence-electron chi connectivity index (χ0n) is 19.7. The van der Waals surface area contributed by atoms with Crippen molar-refractivity contribution in [3.8, 4) is 5.75 Å². The maximum atomic E-state index is 13.5. The van der Waals surface area contributed by atoms with Gasteiger partial charge in [0, 0.05) is 21.0 Å². The van der Waals surface area contributed by atoms with Crippen molar-refractivity contribution in [3.63, 3.8) is 0 Å². The predicted octanol–water partition coefficient (Wildman–Crippen LogP) is 6.07. The summed E-state index contributed by atoms with van der Waals surface area (Å²) in [4.78, 5) is 30.4. The average molecular weight is 561 g/mol. The Labute approximate surface area is 217 Å². The molecule has 0 spiro atoms. The Morgan fingerprint density at radius 3 is 2.77 bits per heavy atom. The van der Waals surface area contributed by atoms with E-state index in [1.807, 2.05) is 12.1 Å². The molecule has 1 aliphatic carbocycles. The average Bonchev–Trinajstić information content (AvgIpc) is 2.85. The van der Waals surface area contributed by atoms with Crippen molar-refractivity contribution >= 4 is 50.6 Å². The fraction of sp³-hybridized carbons (Fsp3) is 0.385. The molecule has 0 saturated heterocycles. The van der Waals surface area contributed by atoms with Gasteiger partial charge in [0.15, 0.2) is 6.10 Å². The van der Waals surface area contributed by atoms with Crippen LogP contribution in [0.2, 0.25) is 5.02 Å². The van der Waals surface area contributed by atoms with Crippen LogP contribution in [0.3, 0.4) is 0 Å². The Morgan fingerprint density at radius 2 is 2.03 bits per heavy atom. The fourth-order valence-corrected chi connectivity index (χ4v) is 4.79. The highest BCUT2D eigenvalue weighted by molar-refractivity contribution is 9.10. The molecule has 1 heterocycles. The van der Waals surface area contributed by atoms with Crippen molar-refractivity contribution in [1.82, 2.24) is 9.66 Å². The van der Waals surface area contributed by atoms with Gasteiger partial charge in [0.2, 0.25) is 0 Å². The maximum absolute atomic E-state index is 13.5. The number of benzene rings is 2. The molecule has 1 saturated carbocycles. The summed E-state index contributed by atoms with van der Waals surface area (Å²) in [5.74, 6) is 0.749. The standard InChI is InChI=1S/C26H27BrClN3O4/c1-3-34-26(33)16(2)35-23-12-10-20(28)13-18(23)15-29-31-24(17-7-5-4-6-8-17)30-22-11-9-19(27)14-21(22)25(31)32/h9-17H,3-8H2,1-2H3/t16-/m1/s1. The smallest absolute Gasteiger partial charge is 0.347 e. The molecule has 1 aliphatic rings. The fourth-order valence-electron chi connectivity index (χ4n) is 4.25. The molecule has 35 heavy (non-hydrogen) atoms. The predicted molar refractivity (Wildman–Crippen MR) is 141 cm³/mol. The molecule has 3 aromatic rings. The Bertz CT molecular complexity index is 1320. The van der Waals surface area contributed by atoms with Crippen LogP contribution in [0.4, 0.5) is 0 Å². The van der Waals surface area contributed by atoms with E-state index in [9.17, 15) is 9.59 Å². The second-order valence-electron chi connectivity index (χ2n) is 8.52. The third-order valence-corrected chi connectivity index (χ3v) is 6.74. The second kappa shape index (κ2) is 11.4. The van der Waals surface area contributed by atoms with Gasteiger partial charge in [-0.1, -0.05) is 46.8 Å². The topological polar surface area (TPSA) is 82.8 Å². The van der Waals surface area contributed by atoms with Crippen molar-refractivity contribution in [2.75, 3.05) is 6.61 Å². The highest BCUT2D eigenvalue weighted by Crippen LogP contribution is 2.32. The summed E-state index contributed by atoms with van der Waals surface area (Å²) >= 11 is 9.67. The summed E-state index contributed by atoms with van der Waals surface area (Å²) < 4.78 is 13.1. The van der Waals surface area contributed by atoms with Crippen LogP contribution in [0, 0.1) is 0 Å². The summed E-state index contributed by atoms with van der Waals surface area (Å²) in [5.41, 5.74) is 0.947. The molecule has 184 valence electrons. The molecule has 1 fully saturated rings. The van der Waals surface area contributed by atoms with Crippen LogP contribution in [-0.2, 0) is 9.53 Å². The van der Waals surface area contributed by atoms with Gasteiger partial charge in [-0.05, 0) is 63.1 Å². The lowest BCUT2D eigenvalue weighted by Crippen LogP contribution is -2.26. The van der Waals surface area contributed by atoms with E-state index in [0.29, 0.717) is 33.1 Å². The van der Waals surface area contributed by atoms with Crippen LogP contribution in [0.25, 0.3) is 10.9 Å². The van der Waals surface area contributed by atoms with Crippen molar-refractivity contribution in [2.45, 2.75) is 58.0 Å². The third kappa shape index (κ3) is 5.93. The molecule has 1 aromatic heterocycles. The van der Waals surface area contributed by atoms with E-state index in [2.05, 4.69) is 21.0 Å². The number of esters is 1.